The van der Waals surface area contributed by atoms with Gasteiger partial charge in [-0.25, -0.2) is 4.39 Å². The van der Waals surface area contributed by atoms with E-state index in [4.69, 9.17) is 20.9 Å². The summed E-state index contributed by atoms with van der Waals surface area (Å²) in [4.78, 5) is 18.7. The average Bonchev–Trinajstić information content (AvgIpc) is 3.09. The third kappa shape index (κ3) is 3.73. The Bertz CT molecular complexity index is 788. The highest BCUT2D eigenvalue weighted by molar-refractivity contribution is 6.31. The quantitative estimate of drug-likeness (QED) is 0.794. The van der Waals surface area contributed by atoms with Crippen molar-refractivity contribution in [2.45, 2.75) is 31.6 Å². The number of rotatable bonds is 5. The molecule has 0 saturated carbocycles. The maximum atomic E-state index is 14.0. The highest BCUT2D eigenvalue weighted by atomic mass is 35.5. The Morgan fingerprint density at radius 1 is 1.42 bits per heavy atom. The first-order valence-corrected chi connectivity index (χ1v) is 8.87. The molecule has 6 nitrogen and oxygen atoms in total. The third-order valence-corrected chi connectivity index (χ3v) is 5.19. The standard InChI is InChI=1S/C18H21ClFN3O3/c1-12-21-17(22-26-12)18(7-10-25-2)5-8-23(9-6-18)16(24)14-11-13(19)3-4-15(14)20/h3-4,11H,5-10H2,1-2H3. The van der Waals surface area contributed by atoms with Gasteiger partial charge in [0, 0.05) is 44.2 Å². The van der Waals surface area contributed by atoms with Gasteiger partial charge in [0.2, 0.25) is 5.89 Å². The molecule has 140 valence electrons. The normalized spacial score (nSPS) is 16.7. The van der Waals surface area contributed by atoms with Gasteiger partial charge in [-0.2, -0.15) is 4.98 Å². The molecule has 1 amide bonds. The maximum absolute atomic E-state index is 14.0. The number of nitrogens with zero attached hydrogens (tertiary/aromatic N) is 3. The Kier molecular flexibility index (Phi) is 5.58. The summed E-state index contributed by atoms with van der Waals surface area (Å²) in [5.74, 6) is 0.239. The lowest BCUT2D eigenvalue weighted by Gasteiger charge is -2.39. The summed E-state index contributed by atoms with van der Waals surface area (Å²) in [6.07, 6.45) is 2.04. The van der Waals surface area contributed by atoms with E-state index in [0.717, 1.165) is 6.42 Å². The lowest BCUT2D eigenvalue weighted by Crippen LogP contribution is -2.46. The number of aryl methyl sites for hydroxylation is 1. The fraction of sp³-hybridized carbons (Fsp3) is 0.500. The van der Waals surface area contributed by atoms with Crippen LogP contribution >= 0.6 is 11.6 Å². The number of hydrogen-bond donors (Lipinski definition) is 0. The molecule has 0 aliphatic carbocycles. The van der Waals surface area contributed by atoms with Crippen molar-refractivity contribution in [2.24, 2.45) is 0 Å². The van der Waals surface area contributed by atoms with Crippen LogP contribution in [0.3, 0.4) is 0 Å². The van der Waals surface area contributed by atoms with Gasteiger partial charge in [0.05, 0.1) is 5.56 Å². The second kappa shape index (κ2) is 7.72. The smallest absolute Gasteiger partial charge is 0.256 e. The molecule has 0 unspecified atom stereocenters. The van der Waals surface area contributed by atoms with Crippen LogP contribution in [0.1, 0.15) is 41.3 Å². The van der Waals surface area contributed by atoms with Gasteiger partial charge in [0.25, 0.3) is 5.91 Å². The van der Waals surface area contributed by atoms with Gasteiger partial charge >= 0.3 is 0 Å². The van der Waals surface area contributed by atoms with Gasteiger partial charge < -0.3 is 14.2 Å². The molecule has 2 aromatic rings. The zero-order chi connectivity index (χ0) is 18.7. The van der Waals surface area contributed by atoms with Crippen molar-refractivity contribution in [3.05, 3.63) is 46.3 Å². The van der Waals surface area contributed by atoms with Crippen molar-refractivity contribution in [3.8, 4) is 0 Å². The van der Waals surface area contributed by atoms with Crippen LogP contribution in [0.4, 0.5) is 4.39 Å². The summed E-state index contributed by atoms with van der Waals surface area (Å²) >= 11 is 5.91. The van der Waals surface area contributed by atoms with Crippen molar-refractivity contribution >= 4 is 17.5 Å². The molecule has 1 aromatic heterocycles. The molecule has 1 aliphatic rings. The molecule has 2 heterocycles. The number of halogens is 2. The first-order chi connectivity index (χ1) is 12.4. The fourth-order valence-electron chi connectivity index (χ4n) is 3.37. The molecule has 26 heavy (non-hydrogen) atoms. The van der Waals surface area contributed by atoms with E-state index in [2.05, 4.69) is 10.1 Å². The fourth-order valence-corrected chi connectivity index (χ4v) is 3.54. The highest BCUT2D eigenvalue weighted by Crippen LogP contribution is 2.37. The summed E-state index contributed by atoms with van der Waals surface area (Å²) in [6, 6.07) is 4.01. The van der Waals surface area contributed by atoms with E-state index in [1.165, 1.54) is 18.2 Å². The van der Waals surface area contributed by atoms with Gasteiger partial charge in [-0.3, -0.25) is 4.79 Å². The Hall–Kier alpha value is -1.99. The average molecular weight is 382 g/mol. The van der Waals surface area contributed by atoms with E-state index in [-0.39, 0.29) is 16.9 Å². The van der Waals surface area contributed by atoms with E-state index in [1.54, 1.807) is 18.9 Å². The molecule has 3 rings (SSSR count). The summed E-state index contributed by atoms with van der Waals surface area (Å²) in [5, 5.41) is 4.43. The minimum atomic E-state index is -0.565. The molecule has 1 saturated heterocycles. The van der Waals surface area contributed by atoms with Crippen molar-refractivity contribution < 1.29 is 18.4 Å². The molecular formula is C18H21ClFN3O3. The first kappa shape index (κ1) is 18.8. The molecule has 0 spiro atoms. The summed E-state index contributed by atoms with van der Waals surface area (Å²) < 4.78 is 24.4. The molecule has 8 heteroatoms. The van der Waals surface area contributed by atoms with E-state index in [9.17, 15) is 9.18 Å². The van der Waals surface area contributed by atoms with Crippen molar-refractivity contribution in [1.82, 2.24) is 15.0 Å². The van der Waals surface area contributed by atoms with Gasteiger partial charge in [-0.05, 0) is 37.5 Å². The number of methoxy groups -OCH3 is 1. The van der Waals surface area contributed by atoms with Gasteiger partial charge in [-0.15, -0.1) is 0 Å². The monoisotopic (exact) mass is 381 g/mol. The third-order valence-electron chi connectivity index (χ3n) is 4.95. The predicted molar refractivity (Wildman–Crippen MR) is 93.8 cm³/mol. The second-order valence-corrected chi connectivity index (χ2v) is 7.01. The van der Waals surface area contributed by atoms with Crippen molar-refractivity contribution in [2.75, 3.05) is 26.8 Å². The van der Waals surface area contributed by atoms with Crippen LogP contribution in [0.25, 0.3) is 0 Å². The Labute approximate surface area is 156 Å². The van der Waals surface area contributed by atoms with E-state index >= 15 is 0 Å². The number of benzene rings is 1. The number of likely N-dealkylation sites (tertiary alicyclic amines) is 1. The molecule has 1 aromatic carbocycles. The Morgan fingerprint density at radius 2 is 2.15 bits per heavy atom. The van der Waals surface area contributed by atoms with Crippen LogP contribution in [-0.4, -0.2) is 47.8 Å². The van der Waals surface area contributed by atoms with Crippen LogP contribution in [0.15, 0.2) is 22.7 Å². The highest BCUT2D eigenvalue weighted by Gasteiger charge is 2.41. The molecular weight excluding hydrogens is 361 g/mol. The predicted octanol–water partition coefficient (Wildman–Crippen LogP) is 3.38. The first-order valence-electron chi connectivity index (χ1n) is 8.49. The lowest BCUT2D eigenvalue weighted by molar-refractivity contribution is 0.0612. The van der Waals surface area contributed by atoms with Crippen LogP contribution in [-0.2, 0) is 10.2 Å². The minimum absolute atomic E-state index is 0.00250. The molecule has 1 aliphatic heterocycles. The number of ether oxygens (including phenoxy) is 1. The van der Waals surface area contributed by atoms with E-state index in [1.807, 2.05) is 0 Å². The largest absolute Gasteiger partial charge is 0.385 e. The van der Waals surface area contributed by atoms with Crippen LogP contribution < -0.4 is 0 Å². The molecule has 0 N–H and O–H groups in total. The number of hydrogen-bond acceptors (Lipinski definition) is 5. The molecule has 0 radical (unpaired) electrons. The van der Waals surface area contributed by atoms with Crippen LogP contribution in [0.2, 0.25) is 5.02 Å². The summed E-state index contributed by atoms with van der Waals surface area (Å²) in [5.41, 5.74) is -0.311. The lowest BCUT2D eigenvalue weighted by atomic mass is 9.75. The molecule has 0 bridgehead atoms. The van der Waals surface area contributed by atoms with Gasteiger partial charge in [0.15, 0.2) is 5.82 Å². The van der Waals surface area contributed by atoms with Crippen molar-refractivity contribution in [1.29, 1.82) is 0 Å². The Morgan fingerprint density at radius 3 is 2.77 bits per heavy atom. The Balaban J connectivity index is 1.77. The minimum Gasteiger partial charge on any atom is -0.385 e. The van der Waals surface area contributed by atoms with Crippen LogP contribution in [0, 0.1) is 12.7 Å². The van der Waals surface area contributed by atoms with E-state index < -0.39 is 5.82 Å². The number of aromatic nitrogens is 2. The SMILES string of the molecule is COCCC1(c2noc(C)n2)CCN(C(=O)c2cc(Cl)ccc2F)CC1. The van der Waals surface area contributed by atoms with Crippen molar-refractivity contribution in [3.63, 3.8) is 0 Å². The topological polar surface area (TPSA) is 68.5 Å². The van der Waals surface area contributed by atoms with E-state index in [0.29, 0.717) is 49.3 Å². The summed E-state index contributed by atoms with van der Waals surface area (Å²) in [7, 11) is 1.65. The number of amides is 1. The number of piperidine rings is 1. The number of carbonyl (C=O) groups excluding carboxylic acids is 1. The number of carbonyl (C=O) groups is 1. The van der Waals surface area contributed by atoms with Gasteiger partial charge in [-0.1, -0.05) is 16.8 Å². The maximum Gasteiger partial charge on any atom is 0.256 e. The molecule has 1 fully saturated rings. The zero-order valence-corrected chi connectivity index (χ0v) is 15.6. The van der Waals surface area contributed by atoms with Crippen LogP contribution in [0.5, 0.6) is 0 Å². The molecule has 0 atom stereocenters. The van der Waals surface area contributed by atoms with Gasteiger partial charge in [0.1, 0.15) is 5.82 Å². The second-order valence-electron chi connectivity index (χ2n) is 6.58. The zero-order valence-electron chi connectivity index (χ0n) is 14.8. The summed E-state index contributed by atoms with van der Waals surface area (Å²) in [6.45, 7) is 3.26.